The van der Waals surface area contributed by atoms with Crippen molar-refractivity contribution in [3.8, 4) is 5.69 Å². The van der Waals surface area contributed by atoms with Crippen molar-refractivity contribution >= 4 is 16.9 Å². The van der Waals surface area contributed by atoms with E-state index in [-0.39, 0.29) is 6.42 Å². The second kappa shape index (κ2) is 13.9. The summed E-state index contributed by atoms with van der Waals surface area (Å²) in [4.78, 5) is 11.0. The molecule has 6 N–H and O–H groups in total. The van der Waals surface area contributed by atoms with Gasteiger partial charge in [-0.15, -0.1) is 0 Å². The van der Waals surface area contributed by atoms with E-state index in [0.717, 1.165) is 29.6 Å². The van der Waals surface area contributed by atoms with Gasteiger partial charge in [-0.3, -0.25) is 4.79 Å². The molecule has 202 valence electrons. The second-order valence-electron chi connectivity index (χ2n) is 9.66. The number of rotatable bonds is 11. The highest BCUT2D eigenvalue weighted by Crippen LogP contribution is 2.32. The third kappa shape index (κ3) is 7.52. The molecule has 0 saturated carbocycles. The first kappa shape index (κ1) is 29.1. The predicted octanol–water partition coefficient (Wildman–Crippen LogP) is 4.04. The Bertz CT molecular complexity index is 1280. The summed E-state index contributed by atoms with van der Waals surface area (Å²) in [6.45, 7) is 1.03. The van der Waals surface area contributed by atoms with E-state index in [2.05, 4.69) is 90.5 Å². The Morgan fingerprint density at radius 3 is 2.05 bits per heavy atom. The molecule has 4 rings (SSSR count). The largest absolute Gasteiger partial charge is 0.481 e. The summed E-state index contributed by atoms with van der Waals surface area (Å²) in [5.74, 6) is -0.309. The zero-order valence-electron chi connectivity index (χ0n) is 21.8. The molecule has 0 saturated heterocycles. The fraction of sp³-hybridized carbons (Fsp3) is 0.323. The Labute approximate surface area is 223 Å². The highest BCUT2D eigenvalue weighted by Gasteiger charge is 2.21. The predicted molar refractivity (Wildman–Crippen MR) is 151 cm³/mol. The molecule has 0 radical (unpaired) electrons. The molecule has 7 nitrogen and oxygen atoms in total. The van der Waals surface area contributed by atoms with Crippen molar-refractivity contribution < 1.29 is 25.2 Å². The van der Waals surface area contributed by atoms with Crippen molar-refractivity contribution in [1.29, 1.82) is 0 Å². The van der Waals surface area contributed by atoms with Crippen LogP contribution in [-0.2, 0) is 17.6 Å². The molecule has 7 heteroatoms. The van der Waals surface area contributed by atoms with E-state index in [1.165, 1.54) is 16.5 Å². The van der Waals surface area contributed by atoms with Crippen LogP contribution < -0.4 is 5.73 Å². The maximum absolute atomic E-state index is 11.0. The van der Waals surface area contributed by atoms with Crippen LogP contribution in [0.5, 0.6) is 0 Å². The number of aliphatic hydroxyl groups excluding tert-OH is 3. The Morgan fingerprint density at radius 2 is 1.53 bits per heavy atom. The molecule has 1 aromatic heterocycles. The minimum absolute atomic E-state index is 0.155. The van der Waals surface area contributed by atoms with Gasteiger partial charge in [-0.2, -0.15) is 0 Å². The van der Waals surface area contributed by atoms with Crippen LogP contribution in [0.25, 0.3) is 16.6 Å². The molecular weight excluding hydrogens is 480 g/mol. The minimum atomic E-state index is -1.21. The lowest BCUT2D eigenvalue weighted by Gasteiger charge is -2.20. The second-order valence-corrected chi connectivity index (χ2v) is 9.66. The average molecular weight is 519 g/mol. The number of aromatic nitrogens is 1. The number of hydrogen-bond acceptors (Lipinski definition) is 5. The van der Waals surface area contributed by atoms with Gasteiger partial charge in [-0.1, -0.05) is 61.5 Å². The Kier molecular flexibility index (Phi) is 10.6. The summed E-state index contributed by atoms with van der Waals surface area (Å²) in [6, 6.07) is 27.5. The molecule has 1 heterocycles. The van der Waals surface area contributed by atoms with Crippen LogP contribution in [0.2, 0.25) is 0 Å². The van der Waals surface area contributed by atoms with E-state index in [1.807, 2.05) is 6.07 Å². The summed E-state index contributed by atoms with van der Waals surface area (Å²) in [7, 11) is 0. The van der Waals surface area contributed by atoms with Crippen molar-refractivity contribution in [2.75, 3.05) is 19.8 Å². The third-order valence-electron chi connectivity index (χ3n) is 6.79. The number of hydrogen-bond donors (Lipinski definition) is 5. The molecule has 4 aromatic rings. The Balaban J connectivity index is 0.000000436. The van der Waals surface area contributed by atoms with Crippen LogP contribution in [0.15, 0.2) is 85.1 Å². The van der Waals surface area contributed by atoms with Gasteiger partial charge >= 0.3 is 5.97 Å². The maximum atomic E-state index is 11.0. The van der Waals surface area contributed by atoms with Gasteiger partial charge in [-0.05, 0) is 66.1 Å². The summed E-state index contributed by atoms with van der Waals surface area (Å²) >= 11 is 0. The lowest BCUT2D eigenvalue weighted by molar-refractivity contribution is -0.136. The molecule has 1 unspecified atom stereocenters. The first-order valence-electron chi connectivity index (χ1n) is 12.9. The number of carbonyl (C=O) groups is 1. The number of para-hydroxylation sites is 1. The van der Waals surface area contributed by atoms with Crippen molar-refractivity contribution in [2.24, 2.45) is 5.73 Å². The molecule has 0 fully saturated rings. The fourth-order valence-electron chi connectivity index (χ4n) is 4.36. The van der Waals surface area contributed by atoms with Crippen LogP contribution in [0.4, 0.5) is 0 Å². The molecular formula is C31H38N2O5. The summed E-state index contributed by atoms with van der Waals surface area (Å²) < 4.78 is 2.25. The molecule has 0 amide bonds. The number of aliphatic hydroxyl groups is 3. The van der Waals surface area contributed by atoms with Gasteiger partial charge in [-0.25, -0.2) is 0 Å². The number of aliphatic carboxylic acids is 1. The number of nitrogens with two attached hydrogens (primary N) is 1. The van der Waals surface area contributed by atoms with E-state index in [9.17, 15) is 4.79 Å². The van der Waals surface area contributed by atoms with Crippen LogP contribution in [0.3, 0.4) is 0 Å². The molecule has 0 aliphatic rings. The number of fused-ring (bicyclic) bond motifs is 1. The summed E-state index contributed by atoms with van der Waals surface area (Å²) in [5, 5.41) is 35.3. The van der Waals surface area contributed by atoms with Gasteiger partial charge in [0.2, 0.25) is 0 Å². The molecule has 0 spiro atoms. The highest BCUT2D eigenvalue weighted by molar-refractivity contribution is 5.86. The van der Waals surface area contributed by atoms with E-state index in [1.54, 1.807) is 0 Å². The van der Waals surface area contributed by atoms with Gasteiger partial charge in [0.1, 0.15) is 0 Å². The van der Waals surface area contributed by atoms with Crippen LogP contribution in [-0.4, -0.2) is 56.3 Å². The summed E-state index contributed by atoms with van der Waals surface area (Å²) in [5.41, 5.74) is 9.99. The van der Waals surface area contributed by atoms with Crippen LogP contribution in [0.1, 0.15) is 42.4 Å². The van der Waals surface area contributed by atoms with E-state index >= 15 is 0 Å². The summed E-state index contributed by atoms with van der Waals surface area (Å²) in [6.07, 6.45) is 4.99. The zero-order chi connectivity index (χ0) is 27.5. The van der Waals surface area contributed by atoms with Gasteiger partial charge < -0.3 is 30.7 Å². The maximum Gasteiger partial charge on any atom is 0.303 e. The number of benzene rings is 3. The standard InChI is InChI=1S/C27H27NO2.C4H11NO3/c1-2-21(22-9-5-3-6-10-22)18-23-19-28(24-11-7-4-8-12-24)26-15-13-20(17-25(23)26)14-16-27(29)30;5-4(1-6,2-7)3-8/h3-13,15,17,19,21H,2,14,16,18H2,1H3,(H,29,30);6-8H,1-3,5H2. The molecule has 3 aromatic carbocycles. The van der Waals surface area contributed by atoms with Crippen molar-refractivity contribution in [1.82, 2.24) is 4.57 Å². The Morgan fingerprint density at radius 1 is 0.921 bits per heavy atom. The number of aryl methyl sites for hydroxylation is 1. The van der Waals surface area contributed by atoms with Gasteiger partial charge in [0.25, 0.3) is 0 Å². The molecule has 0 aliphatic carbocycles. The number of carboxylic acids is 1. The first-order valence-corrected chi connectivity index (χ1v) is 12.9. The van der Waals surface area contributed by atoms with Crippen LogP contribution >= 0.6 is 0 Å². The van der Waals surface area contributed by atoms with E-state index < -0.39 is 31.3 Å². The van der Waals surface area contributed by atoms with E-state index in [4.69, 9.17) is 26.2 Å². The average Bonchev–Trinajstić information content (AvgIpc) is 3.33. The monoisotopic (exact) mass is 518 g/mol. The van der Waals surface area contributed by atoms with Crippen molar-refractivity contribution in [3.05, 3.63) is 102 Å². The molecule has 0 bridgehead atoms. The molecule has 1 atom stereocenters. The fourth-order valence-corrected chi connectivity index (χ4v) is 4.36. The topological polar surface area (TPSA) is 129 Å². The normalized spacial score (nSPS) is 12.1. The lowest BCUT2D eigenvalue weighted by Crippen LogP contribution is -2.50. The third-order valence-corrected chi connectivity index (χ3v) is 6.79. The zero-order valence-corrected chi connectivity index (χ0v) is 21.8. The van der Waals surface area contributed by atoms with E-state index in [0.29, 0.717) is 12.3 Å². The molecule has 0 aliphatic heterocycles. The number of carboxylic acid groups (broad SMARTS) is 1. The highest BCUT2D eigenvalue weighted by atomic mass is 16.4. The minimum Gasteiger partial charge on any atom is -0.481 e. The lowest BCUT2D eigenvalue weighted by atomic mass is 9.89. The number of nitrogens with zero attached hydrogens (tertiary/aromatic N) is 1. The van der Waals surface area contributed by atoms with Gasteiger partial charge in [0.05, 0.1) is 30.9 Å². The Hall–Kier alpha value is -3.49. The smallest absolute Gasteiger partial charge is 0.303 e. The SMILES string of the molecule is CCC(Cc1cn(-c2ccccc2)c2ccc(CCC(=O)O)cc12)c1ccccc1.NC(CO)(CO)CO. The van der Waals surface area contributed by atoms with Gasteiger partial charge in [0, 0.05) is 23.7 Å². The first-order chi connectivity index (χ1) is 18.3. The van der Waals surface area contributed by atoms with Crippen molar-refractivity contribution in [2.45, 2.75) is 44.1 Å². The van der Waals surface area contributed by atoms with Gasteiger partial charge in [0.15, 0.2) is 0 Å². The molecule has 38 heavy (non-hydrogen) atoms. The quantitative estimate of drug-likeness (QED) is 0.204. The van der Waals surface area contributed by atoms with Crippen molar-refractivity contribution in [3.63, 3.8) is 0 Å². The van der Waals surface area contributed by atoms with Crippen LogP contribution in [0, 0.1) is 0 Å².